The predicted octanol–water partition coefficient (Wildman–Crippen LogP) is 1.45. The van der Waals surface area contributed by atoms with Crippen molar-refractivity contribution in [3.63, 3.8) is 0 Å². The molecule has 0 aromatic carbocycles. The van der Waals surface area contributed by atoms with Crippen molar-refractivity contribution in [1.29, 1.82) is 0 Å². The lowest BCUT2D eigenvalue weighted by atomic mass is 10.4. The Morgan fingerprint density at radius 1 is 1.45 bits per heavy atom. The standard InChI is InChI=1S/C6H4IN3S/c7-11-4-1-5-6(8)10-3-2-9-5/h2-3H,(H2,8,10). The van der Waals surface area contributed by atoms with Crippen LogP contribution < -0.4 is 5.73 Å². The molecule has 11 heavy (non-hydrogen) atoms. The van der Waals surface area contributed by atoms with E-state index in [4.69, 9.17) is 5.73 Å². The highest BCUT2D eigenvalue weighted by atomic mass is 127. The van der Waals surface area contributed by atoms with Gasteiger partial charge >= 0.3 is 0 Å². The van der Waals surface area contributed by atoms with Crippen LogP contribution in [0.15, 0.2) is 12.4 Å². The van der Waals surface area contributed by atoms with Gasteiger partial charge in [-0.1, -0.05) is 0 Å². The number of anilines is 1. The molecule has 0 radical (unpaired) electrons. The smallest absolute Gasteiger partial charge is 0.158 e. The molecular weight excluding hydrogens is 273 g/mol. The quantitative estimate of drug-likeness (QED) is 0.576. The molecule has 0 aliphatic heterocycles. The van der Waals surface area contributed by atoms with E-state index in [-0.39, 0.29) is 0 Å². The zero-order chi connectivity index (χ0) is 8.10. The molecule has 0 fully saturated rings. The molecule has 3 nitrogen and oxygen atoms in total. The minimum absolute atomic E-state index is 0.380. The second kappa shape index (κ2) is 4.41. The summed E-state index contributed by atoms with van der Waals surface area (Å²) >= 11 is 2.08. The highest BCUT2D eigenvalue weighted by Gasteiger charge is 1.93. The van der Waals surface area contributed by atoms with E-state index in [1.54, 1.807) is 6.20 Å². The lowest BCUT2D eigenvalue weighted by Gasteiger charge is -1.91. The average molecular weight is 277 g/mol. The van der Waals surface area contributed by atoms with Crippen molar-refractivity contribution >= 4 is 36.0 Å². The van der Waals surface area contributed by atoms with Crippen LogP contribution in [0.1, 0.15) is 5.69 Å². The number of hydrogen-bond acceptors (Lipinski definition) is 4. The largest absolute Gasteiger partial charge is 0.381 e. The zero-order valence-electron chi connectivity index (χ0n) is 5.41. The number of halogens is 1. The Balaban J connectivity index is 2.95. The molecule has 2 N–H and O–H groups in total. The van der Waals surface area contributed by atoms with Crippen LogP contribution in [0.4, 0.5) is 5.82 Å². The van der Waals surface area contributed by atoms with Crippen molar-refractivity contribution in [2.75, 3.05) is 5.73 Å². The van der Waals surface area contributed by atoms with Gasteiger partial charge in [-0.15, -0.1) is 0 Å². The maximum atomic E-state index is 5.47. The summed E-state index contributed by atoms with van der Waals surface area (Å²) in [5.41, 5.74) is 6.01. The zero-order valence-corrected chi connectivity index (χ0v) is 8.39. The first-order chi connectivity index (χ1) is 5.34. The van der Waals surface area contributed by atoms with E-state index in [0.29, 0.717) is 11.5 Å². The highest BCUT2D eigenvalue weighted by molar-refractivity contribution is 14.2. The summed E-state index contributed by atoms with van der Waals surface area (Å²) in [7, 11) is 1.39. The average Bonchev–Trinajstić information content (AvgIpc) is 2.03. The SMILES string of the molecule is Nc1nccnc1C#CSI. The Labute approximate surface area is 80.8 Å². The summed E-state index contributed by atoms with van der Waals surface area (Å²) < 4.78 is 0. The minimum Gasteiger partial charge on any atom is -0.381 e. The molecule has 0 spiro atoms. The first-order valence-corrected chi connectivity index (χ1v) is 6.05. The molecule has 1 aromatic heterocycles. The third-order valence-corrected chi connectivity index (χ3v) is 1.77. The monoisotopic (exact) mass is 277 g/mol. The van der Waals surface area contributed by atoms with E-state index in [1.807, 2.05) is 0 Å². The molecule has 0 aliphatic carbocycles. The molecule has 5 heteroatoms. The summed E-state index contributed by atoms with van der Waals surface area (Å²) in [5.74, 6) is 3.15. The van der Waals surface area contributed by atoms with Gasteiger partial charge in [-0.2, -0.15) is 0 Å². The van der Waals surface area contributed by atoms with Crippen LogP contribution in [0.2, 0.25) is 0 Å². The molecule has 1 aromatic rings. The van der Waals surface area contributed by atoms with Crippen molar-refractivity contribution < 1.29 is 0 Å². The highest BCUT2D eigenvalue weighted by Crippen LogP contribution is 2.08. The minimum atomic E-state index is 0.380. The Morgan fingerprint density at radius 3 is 2.82 bits per heavy atom. The maximum absolute atomic E-state index is 5.47. The Kier molecular flexibility index (Phi) is 3.45. The summed E-state index contributed by atoms with van der Waals surface area (Å²) in [5, 5.41) is 2.78. The number of rotatable bonds is 0. The summed E-state index contributed by atoms with van der Waals surface area (Å²) in [4.78, 5) is 7.77. The van der Waals surface area contributed by atoms with Crippen molar-refractivity contribution in [1.82, 2.24) is 9.97 Å². The second-order valence-electron chi connectivity index (χ2n) is 1.59. The number of aromatic nitrogens is 2. The molecule has 0 atom stereocenters. The molecule has 0 amide bonds. The lowest BCUT2D eigenvalue weighted by Crippen LogP contribution is -1.95. The van der Waals surface area contributed by atoms with Crippen molar-refractivity contribution in [2.45, 2.75) is 0 Å². The third-order valence-electron chi connectivity index (χ3n) is 0.935. The fourth-order valence-corrected chi connectivity index (χ4v) is 0.978. The topological polar surface area (TPSA) is 51.8 Å². The van der Waals surface area contributed by atoms with Gasteiger partial charge in [0.05, 0.1) is 0 Å². The number of nitrogens with two attached hydrogens (primary N) is 1. The summed E-state index contributed by atoms with van der Waals surface area (Å²) in [6.07, 6.45) is 3.11. The van der Waals surface area contributed by atoms with Gasteiger partial charge in [-0.3, -0.25) is 0 Å². The molecule has 0 aliphatic rings. The van der Waals surface area contributed by atoms with Crippen LogP contribution in [-0.2, 0) is 0 Å². The van der Waals surface area contributed by atoms with Gasteiger partial charge in [0.2, 0.25) is 0 Å². The van der Waals surface area contributed by atoms with Gasteiger partial charge in [0, 0.05) is 33.6 Å². The molecule has 1 heterocycles. The molecule has 1 rings (SSSR count). The maximum Gasteiger partial charge on any atom is 0.158 e. The van der Waals surface area contributed by atoms with Crippen LogP contribution in [-0.4, -0.2) is 9.97 Å². The predicted molar refractivity (Wildman–Crippen MR) is 54.9 cm³/mol. The fraction of sp³-hybridized carbons (Fsp3) is 0. The molecular formula is C6H4IN3S. The lowest BCUT2D eigenvalue weighted by molar-refractivity contribution is 1.19. The Hall–Kier alpha value is -0.480. The van der Waals surface area contributed by atoms with Gasteiger partial charge in [0.1, 0.15) is 0 Å². The van der Waals surface area contributed by atoms with Crippen LogP contribution in [0.25, 0.3) is 0 Å². The van der Waals surface area contributed by atoms with Crippen LogP contribution in [0.3, 0.4) is 0 Å². The van der Waals surface area contributed by atoms with Gasteiger partial charge < -0.3 is 5.73 Å². The van der Waals surface area contributed by atoms with Crippen LogP contribution in [0, 0.1) is 11.2 Å². The van der Waals surface area contributed by atoms with E-state index in [9.17, 15) is 0 Å². The van der Waals surface area contributed by atoms with E-state index < -0.39 is 0 Å². The molecule has 56 valence electrons. The van der Waals surface area contributed by atoms with Gasteiger partial charge in [-0.05, 0) is 20.1 Å². The van der Waals surface area contributed by atoms with E-state index in [1.165, 1.54) is 15.1 Å². The van der Waals surface area contributed by atoms with E-state index in [0.717, 1.165) is 0 Å². The molecule has 0 saturated heterocycles. The van der Waals surface area contributed by atoms with Gasteiger partial charge in [0.15, 0.2) is 11.5 Å². The fourth-order valence-electron chi connectivity index (χ4n) is 0.513. The molecule has 0 saturated carbocycles. The van der Waals surface area contributed by atoms with Crippen LogP contribution >= 0.6 is 30.1 Å². The first kappa shape index (κ1) is 8.62. The first-order valence-electron chi connectivity index (χ1n) is 2.69. The molecule has 0 unspecified atom stereocenters. The number of hydrogen-bond donors (Lipinski definition) is 1. The van der Waals surface area contributed by atoms with Crippen LogP contribution in [0.5, 0.6) is 0 Å². The Morgan fingerprint density at radius 2 is 2.18 bits per heavy atom. The van der Waals surface area contributed by atoms with Crippen molar-refractivity contribution in [2.24, 2.45) is 0 Å². The van der Waals surface area contributed by atoms with E-state index >= 15 is 0 Å². The molecule has 0 bridgehead atoms. The third kappa shape index (κ3) is 2.55. The summed E-state index contributed by atoms with van der Waals surface area (Å²) in [6.45, 7) is 0. The summed E-state index contributed by atoms with van der Waals surface area (Å²) in [6, 6.07) is 0. The normalized spacial score (nSPS) is 8.45. The van der Waals surface area contributed by atoms with Gasteiger partial charge in [0.25, 0.3) is 0 Å². The van der Waals surface area contributed by atoms with Gasteiger partial charge in [-0.25, -0.2) is 9.97 Å². The van der Waals surface area contributed by atoms with Crippen molar-refractivity contribution in [3.05, 3.63) is 18.1 Å². The van der Waals surface area contributed by atoms with E-state index in [2.05, 4.69) is 42.3 Å². The van der Waals surface area contributed by atoms with Crippen molar-refractivity contribution in [3.8, 4) is 11.2 Å². The number of nitrogens with zero attached hydrogens (tertiary/aromatic N) is 2. The second-order valence-corrected chi connectivity index (χ2v) is 3.27. The number of nitrogen functional groups attached to an aromatic ring is 1. The Bertz CT molecular complexity index is 304.